The zero-order valence-corrected chi connectivity index (χ0v) is 11.6. The third-order valence-electron chi connectivity index (χ3n) is 3.17. The molecule has 102 valence electrons. The van der Waals surface area contributed by atoms with Gasteiger partial charge in [-0.15, -0.1) is 0 Å². The number of aromatic nitrogens is 3. The van der Waals surface area contributed by atoms with E-state index in [9.17, 15) is 0 Å². The van der Waals surface area contributed by atoms with Gasteiger partial charge in [-0.2, -0.15) is 5.10 Å². The molecule has 19 heavy (non-hydrogen) atoms. The van der Waals surface area contributed by atoms with Crippen molar-refractivity contribution in [1.29, 1.82) is 0 Å². The van der Waals surface area contributed by atoms with Gasteiger partial charge in [-0.3, -0.25) is 4.68 Å². The molecule has 3 rings (SSSR count). The van der Waals surface area contributed by atoms with Crippen LogP contribution in [-0.4, -0.2) is 27.9 Å². The summed E-state index contributed by atoms with van der Waals surface area (Å²) < 4.78 is 1.85. The van der Waals surface area contributed by atoms with E-state index < -0.39 is 0 Å². The van der Waals surface area contributed by atoms with Gasteiger partial charge >= 0.3 is 0 Å². The van der Waals surface area contributed by atoms with Crippen LogP contribution >= 0.6 is 0 Å². The summed E-state index contributed by atoms with van der Waals surface area (Å²) in [5.41, 5.74) is 9.32. The summed E-state index contributed by atoms with van der Waals surface area (Å²) in [6, 6.07) is 6.16. The van der Waals surface area contributed by atoms with Crippen molar-refractivity contribution in [3.8, 4) is 0 Å². The van der Waals surface area contributed by atoms with Crippen LogP contribution in [-0.2, 0) is 13.0 Å². The largest absolute Gasteiger partial charge is 0.399 e. The predicted octanol–water partition coefficient (Wildman–Crippen LogP) is 1.95. The second-order valence-corrected chi connectivity index (χ2v) is 4.28. The molecule has 0 spiro atoms. The summed E-state index contributed by atoms with van der Waals surface area (Å²) >= 11 is 0. The summed E-state index contributed by atoms with van der Waals surface area (Å²) in [6.07, 6.45) is 4.42. The van der Waals surface area contributed by atoms with Crippen LogP contribution in [0.25, 0.3) is 0 Å². The Kier molecular flexibility index (Phi) is 4.39. The van der Waals surface area contributed by atoms with Crippen molar-refractivity contribution in [2.24, 2.45) is 0 Å². The Morgan fingerprint density at radius 2 is 2.11 bits per heavy atom. The van der Waals surface area contributed by atoms with Gasteiger partial charge in [0, 0.05) is 24.5 Å². The molecule has 0 fully saturated rings. The van der Waals surface area contributed by atoms with E-state index in [1.54, 1.807) is 12.7 Å². The molecule has 2 N–H and O–H groups in total. The van der Waals surface area contributed by atoms with E-state index in [1.165, 1.54) is 11.3 Å². The summed E-state index contributed by atoms with van der Waals surface area (Å²) in [5, 5.41) is 4.10. The molecule has 0 radical (unpaired) electrons. The van der Waals surface area contributed by atoms with Crippen molar-refractivity contribution in [3.05, 3.63) is 36.4 Å². The predicted molar refractivity (Wildman–Crippen MR) is 78.1 cm³/mol. The fraction of sp³-hybridized carbons (Fsp3) is 0.429. The van der Waals surface area contributed by atoms with Gasteiger partial charge < -0.3 is 10.6 Å². The zero-order chi connectivity index (χ0) is 13.7. The third-order valence-corrected chi connectivity index (χ3v) is 3.17. The maximum Gasteiger partial charge on any atom is 0.137 e. The highest BCUT2D eigenvalue weighted by molar-refractivity contribution is 5.64. The molecule has 1 aliphatic rings. The van der Waals surface area contributed by atoms with Crippen LogP contribution in [0, 0.1) is 0 Å². The molecule has 0 unspecified atom stereocenters. The molecule has 1 aliphatic heterocycles. The molecule has 1 aromatic carbocycles. The number of nitrogens with zero attached hydrogens (tertiary/aromatic N) is 4. The van der Waals surface area contributed by atoms with E-state index in [-0.39, 0.29) is 0 Å². The second kappa shape index (κ2) is 6.22. The molecule has 0 atom stereocenters. The van der Waals surface area contributed by atoms with Crippen molar-refractivity contribution in [3.63, 3.8) is 0 Å². The number of anilines is 2. The van der Waals surface area contributed by atoms with Crippen molar-refractivity contribution in [1.82, 2.24) is 14.8 Å². The highest BCUT2D eigenvalue weighted by Crippen LogP contribution is 2.29. The smallest absolute Gasteiger partial charge is 0.137 e. The number of nitrogens with two attached hydrogens (primary N) is 1. The summed E-state index contributed by atoms with van der Waals surface area (Å²) in [6.45, 7) is 6.86. The summed E-state index contributed by atoms with van der Waals surface area (Å²) in [5.74, 6) is 0. The fourth-order valence-electron chi connectivity index (χ4n) is 2.27. The van der Waals surface area contributed by atoms with E-state index in [2.05, 4.69) is 27.1 Å². The van der Waals surface area contributed by atoms with Crippen molar-refractivity contribution < 1.29 is 0 Å². The molecular weight excluding hydrogens is 238 g/mol. The minimum Gasteiger partial charge on any atom is -0.399 e. The molecule has 5 nitrogen and oxygen atoms in total. The SMILES string of the molecule is CC.Nc1ccc2c(c1)N(CCn1cncn1)CC2. The third kappa shape index (κ3) is 3.05. The first-order valence-corrected chi connectivity index (χ1v) is 6.79. The van der Waals surface area contributed by atoms with Gasteiger partial charge in [-0.1, -0.05) is 19.9 Å². The van der Waals surface area contributed by atoms with Gasteiger partial charge in [0.25, 0.3) is 0 Å². The molecule has 5 heteroatoms. The highest BCUT2D eigenvalue weighted by atomic mass is 15.3. The number of hydrogen-bond acceptors (Lipinski definition) is 4. The Hall–Kier alpha value is -2.04. The first-order chi connectivity index (χ1) is 9.33. The van der Waals surface area contributed by atoms with Gasteiger partial charge in [-0.25, -0.2) is 4.98 Å². The molecule has 0 amide bonds. The lowest BCUT2D eigenvalue weighted by atomic mass is 10.1. The van der Waals surface area contributed by atoms with Crippen molar-refractivity contribution in [2.75, 3.05) is 23.7 Å². The molecule has 2 heterocycles. The van der Waals surface area contributed by atoms with Crippen LogP contribution in [0.15, 0.2) is 30.9 Å². The Morgan fingerprint density at radius 1 is 1.26 bits per heavy atom. The van der Waals surface area contributed by atoms with Crippen LogP contribution in [0.1, 0.15) is 19.4 Å². The van der Waals surface area contributed by atoms with E-state index in [1.807, 2.05) is 24.6 Å². The standard InChI is InChI=1S/C12H15N5.C2H6/c13-11-2-1-10-3-4-16(12(10)7-11)5-6-17-9-14-8-15-17;1-2/h1-2,7-9H,3-6,13H2;1-2H3. The fourth-order valence-corrected chi connectivity index (χ4v) is 2.27. The summed E-state index contributed by atoms with van der Waals surface area (Å²) in [7, 11) is 0. The van der Waals surface area contributed by atoms with Crippen molar-refractivity contribution in [2.45, 2.75) is 26.8 Å². The van der Waals surface area contributed by atoms with Crippen molar-refractivity contribution >= 4 is 11.4 Å². The molecule has 2 aromatic rings. The lowest BCUT2D eigenvalue weighted by Gasteiger charge is -2.19. The second-order valence-electron chi connectivity index (χ2n) is 4.28. The molecule has 0 bridgehead atoms. The molecule has 1 aromatic heterocycles. The summed E-state index contributed by atoms with van der Waals surface area (Å²) in [4.78, 5) is 6.29. The molecule has 0 saturated heterocycles. The van der Waals surface area contributed by atoms with Gasteiger partial charge in [0.1, 0.15) is 12.7 Å². The van der Waals surface area contributed by atoms with Crippen LogP contribution in [0.2, 0.25) is 0 Å². The van der Waals surface area contributed by atoms with Gasteiger partial charge in [0.2, 0.25) is 0 Å². The Morgan fingerprint density at radius 3 is 2.84 bits per heavy atom. The minimum atomic E-state index is 0.830. The molecule has 0 saturated carbocycles. The maximum absolute atomic E-state index is 5.83. The van der Waals surface area contributed by atoms with Crippen LogP contribution < -0.4 is 10.6 Å². The van der Waals surface area contributed by atoms with E-state index in [4.69, 9.17) is 5.73 Å². The van der Waals surface area contributed by atoms with Gasteiger partial charge in [0.05, 0.1) is 6.54 Å². The highest BCUT2D eigenvalue weighted by Gasteiger charge is 2.18. The minimum absolute atomic E-state index is 0.830. The average Bonchev–Trinajstić information content (AvgIpc) is 3.07. The number of fused-ring (bicyclic) bond motifs is 1. The van der Waals surface area contributed by atoms with E-state index in [0.717, 1.165) is 31.7 Å². The Balaban J connectivity index is 0.000000637. The van der Waals surface area contributed by atoms with Gasteiger partial charge in [0.15, 0.2) is 0 Å². The monoisotopic (exact) mass is 259 g/mol. The number of nitrogen functional groups attached to an aromatic ring is 1. The Labute approximate surface area is 114 Å². The molecule has 0 aliphatic carbocycles. The Bertz CT molecular complexity index is 507. The first-order valence-electron chi connectivity index (χ1n) is 6.79. The first kappa shape index (κ1) is 13.4. The van der Waals surface area contributed by atoms with Crippen LogP contribution in [0.5, 0.6) is 0 Å². The number of rotatable bonds is 3. The van der Waals surface area contributed by atoms with E-state index >= 15 is 0 Å². The molecular formula is C14H21N5. The average molecular weight is 259 g/mol. The van der Waals surface area contributed by atoms with Gasteiger partial charge in [-0.05, 0) is 24.1 Å². The van der Waals surface area contributed by atoms with Crippen LogP contribution in [0.4, 0.5) is 11.4 Å². The van der Waals surface area contributed by atoms with E-state index in [0.29, 0.717) is 0 Å². The normalized spacial score (nSPS) is 12.8. The number of benzene rings is 1. The quantitative estimate of drug-likeness (QED) is 0.856. The lowest BCUT2D eigenvalue weighted by molar-refractivity contribution is 0.601. The topological polar surface area (TPSA) is 60.0 Å². The number of hydrogen-bond donors (Lipinski definition) is 1. The zero-order valence-electron chi connectivity index (χ0n) is 11.6. The lowest BCUT2D eigenvalue weighted by Crippen LogP contribution is -2.25. The maximum atomic E-state index is 5.83. The van der Waals surface area contributed by atoms with Crippen LogP contribution in [0.3, 0.4) is 0 Å².